The highest BCUT2D eigenvalue weighted by Gasteiger charge is 2.36. The average molecular weight is 442 g/mol. The summed E-state index contributed by atoms with van der Waals surface area (Å²) in [4.78, 5) is 15.7. The Kier molecular flexibility index (Phi) is 7.72. The van der Waals surface area contributed by atoms with Gasteiger partial charge in [-0.05, 0) is 35.6 Å². The Morgan fingerprint density at radius 3 is 2.38 bits per heavy atom. The molecular weight excluding hydrogens is 412 g/mol. The van der Waals surface area contributed by atoms with Crippen LogP contribution in [0.1, 0.15) is 73.5 Å². The molecule has 0 saturated carbocycles. The Bertz CT molecular complexity index is 1050. The lowest BCUT2D eigenvalue weighted by atomic mass is 9.99. The van der Waals surface area contributed by atoms with Crippen LogP contribution in [0, 0.1) is 0 Å². The molecule has 0 spiro atoms. The first-order valence-corrected chi connectivity index (χ1v) is 11.1. The zero-order valence-corrected chi connectivity index (χ0v) is 18.5. The normalized spacial score (nSPS) is 11.6. The molecule has 0 saturated heterocycles. The van der Waals surface area contributed by atoms with Crippen molar-refractivity contribution in [1.29, 1.82) is 0 Å². The van der Waals surface area contributed by atoms with E-state index in [9.17, 15) is 18.7 Å². The number of nitrogens with zero attached hydrogens (tertiary/aromatic N) is 3. The molecule has 1 N–H and O–H groups in total. The molecule has 3 aromatic rings. The van der Waals surface area contributed by atoms with E-state index in [-0.39, 0.29) is 12.0 Å². The number of hydrogen-bond acceptors (Lipinski definition) is 3. The number of unbranched alkanes of at least 4 members (excludes halogenated alkanes) is 2. The van der Waals surface area contributed by atoms with Crippen LogP contribution in [0.5, 0.6) is 0 Å². The number of hydrogen-bond donors (Lipinski definition) is 1. The van der Waals surface area contributed by atoms with E-state index in [1.165, 1.54) is 0 Å². The second kappa shape index (κ2) is 10.5. The first kappa shape index (κ1) is 23.6. The number of aromatic carboxylic acids is 1. The van der Waals surface area contributed by atoms with E-state index in [1.807, 2.05) is 38.1 Å². The zero-order chi connectivity index (χ0) is 23.1. The molecule has 0 unspecified atom stereocenters. The van der Waals surface area contributed by atoms with Gasteiger partial charge < -0.3 is 5.11 Å². The van der Waals surface area contributed by atoms with Crippen molar-refractivity contribution in [2.45, 2.75) is 64.8 Å². The molecule has 170 valence electrons. The molecule has 0 atom stereocenters. The molecule has 0 aliphatic heterocycles. The number of benzene rings is 2. The maximum absolute atomic E-state index is 14.6. The number of halogens is 2. The summed E-state index contributed by atoms with van der Waals surface area (Å²) in [5, 5.41) is 13.6. The zero-order valence-electron chi connectivity index (χ0n) is 18.5. The van der Waals surface area contributed by atoms with E-state index in [4.69, 9.17) is 0 Å². The smallest absolute Gasteiger partial charge is 0.336 e. The van der Waals surface area contributed by atoms with Crippen LogP contribution in [-0.2, 0) is 18.9 Å². The van der Waals surface area contributed by atoms with Gasteiger partial charge in [0, 0.05) is 12.8 Å². The van der Waals surface area contributed by atoms with E-state index in [0.29, 0.717) is 37.2 Å². The highest BCUT2D eigenvalue weighted by Crippen LogP contribution is 2.31. The van der Waals surface area contributed by atoms with Crippen molar-refractivity contribution in [1.82, 2.24) is 14.8 Å². The molecule has 3 rings (SSSR count). The molecule has 0 aliphatic rings. The molecule has 0 aliphatic carbocycles. The largest absolute Gasteiger partial charge is 0.478 e. The molecule has 2 aromatic carbocycles. The minimum atomic E-state index is -3.04. The van der Waals surface area contributed by atoms with Gasteiger partial charge in [0.15, 0.2) is 0 Å². The predicted octanol–water partition coefficient (Wildman–Crippen LogP) is 6.32. The van der Waals surface area contributed by atoms with Crippen molar-refractivity contribution in [3.63, 3.8) is 0 Å². The van der Waals surface area contributed by atoms with Crippen LogP contribution < -0.4 is 0 Å². The van der Waals surface area contributed by atoms with Crippen molar-refractivity contribution in [2.24, 2.45) is 0 Å². The summed E-state index contributed by atoms with van der Waals surface area (Å²) in [7, 11) is 0. The second-order valence-electron chi connectivity index (χ2n) is 7.97. The number of carboxylic acid groups (broad SMARTS) is 1. The molecular formula is C25H29F2N3O2. The highest BCUT2D eigenvalue weighted by molar-refractivity contribution is 5.95. The van der Waals surface area contributed by atoms with Gasteiger partial charge in [-0.15, -0.1) is 5.10 Å². The lowest BCUT2D eigenvalue weighted by Gasteiger charge is -2.11. The molecule has 0 amide bonds. The minimum absolute atomic E-state index is 0.234. The van der Waals surface area contributed by atoms with E-state index in [0.717, 1.165) is 24.0 Å². The summed E-state index contributed by atoms with van der Waals surface area (Å²) in [6.07, 6.45) is 3.24. The molecule has 0 fully saturated rings. The van der Waals surface area contributed by atoms with Gasteiger partial charge in [-0.1, -0.05) is 69.2 Å². The molecule has 0 bridgehead atoms. The maximum Gasteiger partial charge on any atom is 0.336 e. The second-order valence-corrected chi connectivity index (χ2v) is 7.97. The predicted molar refractivity (Wildman–Crippen MR) is 120 cm³/mol. The van der Waals surface area contributed by atoms with E-state index < -0.39 is 17.7 Å². The first-order chi connectivity index (χ1) is 15.4. The van der Waals surface area contributed by atoms with E-state index in [1.54, 1.807) is 28.9 Å². The van der Waals surface area contributed by atoms with Crippen molar-refractivity contribution < 1.29 is 18.7 Å². The quantitative estimate of drug-likeness (QED) is 0.378. The van der Waals surface area contributed by atoms with Gasteiger partial charge in [-0.2, -0.15) is 8.78 Å². The number of rotatable bonds is 11. The molecule has 32 heavy (non-hydrogen) atoms. The molecule has 1 heterocycles. The molecule has 7 heteroatoms. The first-order valence-electron chi connectivity index (χ1n) is 11.1. The Morgan fingerprint density at radius 1 is 1.03 bits per heavy atom. The fourth-order valence-corrected chi connectivity index (χ4v) is 3.57. The van der Waals surface area contributed by atoms with Crippen LogP contribution in [0.2, 0.25) is 0 Å². The van der Waals surface area contributed by atoms with Crippen molar-refractivity contribution in [3.05, 3.63) is 71.3 Å². The van der Waals surface area contributed by atoms with E-state index >= 15 is 0 Å². The summed E-state index contributed by atoms with van der Waals surface area (Å²) >= 11 is 0. The third-order valence-corrected chi connectivity index (χ3v) is 5.43. The van der Waals surface area contributed by atoms with Gasteiger partial charge in [0.05, 0.1) is 12.1 Å². The van der Waals surface area contributed by atoms with Crippen LogP contribution in [0.3, 0.4) is 0 Å². The van der Waals surface area contributed by atoms with Gasteiger partial charge in [-0.25, -0.2) is 14.5 Å². The topological polar surface area (TPSA) is 68.0 Å². The lowest BCUT2D eigenvalue weighted by molar-refractivity contribution is -0.0245. The highest BCUT2D eigenvalue weighted by atomic mass is 19.3. The summed E-state index contributed by atoms with van der Waals surface area (Å²) in [6.45, 7) is 4.26. The van der Waals surface area contributed by atoms with Gasteiger partial charge in [-0.3, -0.25) is 0 Å². The number of alkyl halides is 2. The Labute approximate surface area is 187 Å². The third-order valence-electron chi connectivity index (χ3n) is 5.43. The summed E-state index contributed by atoms with van der Waals surface area (Å²) in [6, 6.07) is 14.3. The third kappa shape index (κ3) is 5.58. The van der Waals surface area contributed by atoms with Crippen LogP contribution in [0.25, 0.3) is 11.1 Å². The lowest BCUT2D eigenvalue weighted by Crippen LogP contribution is -2.16. The maximum atomic E-state index is 14.6. The fourth-order valence-electron chi connectivity index (χ4n) is 3.57. The van der Waals surface area contributed by atoms with Crippen molar-refractivity contribution in [3.8, 4) is 11.1 Å². The van der Waals surface area contributed by atoms with Crippen LogP contribution in [0.15, 0.2) is 48.5 Å². The number of carboxylic acids is 1. The average Bonchev–Trinajstić information content (AvgIpc) is 3.20. The van der Waals surface area contributed by atoms with Crippen LogP contribution in [0.4, 0.5) is 8.78 Å². The summed E-state index contributed by atoms with van der Waals surface area (Å²) in [5.74, 6) is -3.85. The van der Waals surface area contributed by atoms with Gasteiger partial charge in [0.2, 0.25) is 5.82 Å². The molecule has 5 nitrogen and oxygen atoms in total. The summed E-state index contributed by atoms with van der Waals surface area (Å²) in [5.41, 5.74) is 2.53. The Morgan fingerprint density at radius 2 is 1.72 bits per heavy atom. The van der Waals surface area contributed by atoms with E-state index in [2.05, 4.69) is 10.1 Å². The SMILES string of the molecule is CCCCc1nc(C(F)(F)CCCC)nn1Cc1ccc(-c2ccccc2C(=O)O)cc1. The Balaban J connectivity index is 1.85. The van der Waals surface area contributed by atoms with Crippen molar-refractivity contribution >= 4 is 5.97 Å². The number of aryl methyl sites for hydroxylation is 1. The van der Waals surface area contributed by atoms with Gasteiger partial charge >= 0.3 is 11.9 Å². The van der Waals surface area contributed by atoms with Crippen molar-refractivity contribution in [2.75, 3.05) is 0 Å². The van der Waals surface area contributed by atoms with Crippen LogP contribution >= 0.6 is 0 Å². The van der Waals surface area contributed by atoms with Gasteiger partial charge in [0.1, 0.15) is 5.82 Å². The minimum Gasteiger partial charge on any atom is -0.478 e. The molecule has 0 radical (unpaired) electrons. The van der Waals surface area contributed by atoms with Crippen LogP contribution in [-0.4, -0.2) is 25.8 Å². The summed E-state index contributed by atoms with van der Waals surface area (Å²) < 4.78 is 30.7. The molecule has 1 aromatic heterocycles. The monoisotopic (exact) mass is 441 g/mol. The standard InChI is InChI=1S/C25H29F2N3O2/c1-3-5-11-22-28-24(25(26,27)16-6-4-2)29-30(22)17-18-12-14-19(15-13-18)20-9-7-8-10-21(20)23(31)32/h7-10,12-15H,3-6,11,16-17H2,1-2H3,(H,31,32). The van der Waals surface area contributed by atoms with Gasteiger partial charge in [0.25, 0.3) is 0 Å². The fraction of sp³-hybridized carbons (Fsp3) is 0.400. The number of carbonyl (C=O) groups is 1. The Hall–Kier alpha value is -3.09. The number of aromatic nitrogens is 3.